The molecule has 3 atom stereocenters. The minimum absolute atomic E-state index is 0.0243. The second-order valence-electron chi connectivity index (χ2n) is 11.0. The van der Waals surface area contributed by atoms with Gasteiger partial charge in [-0.3, -0.25) is 14.5 Å². The molecule has 1 saturated heterocycles. The molecule has 1 N–H and O–H groups in total. The summed E-state index contributed by atoms with van der Waals surface area (Å²) in [6, 6.07) is 9.59. The van der Waals surface area contributed by atoms with Crippen molar-refractivity contribution < 1.29 is 28.4 Å². The number of amides is 1. The zero-order chi connectivity index (χ0) is 28.2. The molecule has 9 heteroatoms. The van der Waals surface area contributed by atoms with Gasteiger partial charge >= 0.3 is 5.97 Å². The number of carboxylic acids is 1. The number of pyridine rings is 1. The Morgan fingerprint density at radius 2 is 2.12 bits per heavy atom. The molecule has 1 unspecified atom stereocenters. The minimum Gasteiger partial charge on any atom is -0.493 e. The number of carbonyl (C=O) groups excluding carboxylic acids is 1. The maximum absolute atomic E-state index is 13.9. The second kappa shape index (κ2) is 12.2. The molecule has 9 nitrogen and oxygen atoms in total. The van der Waals surface area contributed by atoms with Gasteiger partial charge in [-0.2, -0.15) is 0 Å². The number of oxazole rings is 1. The number of hydrogen-bond acceptors (Lipinski definition) is 6. The number of anilines is 1. The molecule has 0 bridgehead atoms. The molecule has 2 aliphatic heterocycles. The van der Waals surface area contributed by atoms with E-state index in [1.54, 1.807) is 6.20 Å². The molecule has 0 aliphatic carbocycles. The van der Waals surface area contributed by atoms with Crippen LogP contribution < -0.4 is 14.2 Å². The summed E-state index contributed by atoms with van der Waals surface area (Å²) in [5, 5.41) is 10.5. The Bertz CT molecular complexity index is 1350. The summed E-state index contributed by atoms with van der Waals surface area (Å²) in [5.41, 5.74) is 2.95. The Morgan fingerprint density at radius 3 is 2.85 bits per heavy atom. The van der Waals surface area contributed by atoms with E-state index in [-0.39, 0.29) is 24.4 Å². The summed E-state index contributed by atoms with van der Waals surface area (Å²) >= 11 is 0. The van der Waals surface area contributed by atoms with Crippen LogP contribution in [0.1, 0.15) is 54.9 Å². The lowest BCUT2D eigenvalue weighted by molar-refractivity contribution is -0.670. The molecule has 2 aliphatic rings. The monoisotopic (exact) mass is 547 g/mol. The van der Waals surface area contributed by atoms with E-state index in [0.29, 0.717) is 38.4 Å². The van der Waals surface area contributed by atoms with Crippen LogP contribution in [0, 0.1) is 12.8 Å². The molecule has 3 aromatic rings. The standard InChI is InChI=1S/C31H38N4O5/c1-4-5-14-35(24-7-6-13-33(3)18-24)29(36)20-34-19-25(22-8-10-27-23(16-22)12-15-39-27)30(31(37)38)26(34)9-11-28-32-17-21(2)40-28/h6-8,10,13,16-18,25-26,30H,4-5,9,11-12,14-15,19-20H2,1-3H3/p+1/t25-,26+,30?/m1/s1. The van der Waals surface area contributed by atoms with Crippen LogP contribution in [0.2, 0.25) is 0 Å². The first-order valence-electron chi connectivity index (χ1n) is 14.2. The summed E-state index contributed by atoms with van der Waals surface area (Å²) in [4.78, 5) is 35.0. The van der Waals surface area contributed by atoms with Crippen LogP contribution in [0.15, 0.2) is 53.3 Å². The van der Waals surface area contributed by atoms with Gasteiger partial charge in [0.1, 0.15) is 24.2 Å². The van der Waals surface area contributed by atoms with E-state index in [0.717, 1.165) is 47.6 Å². The van der Waals surface area contributed by atoms with Crippen molar-refractivity contribution in [1.82, 2.24) is 9.88 Å². The quantitative estimate of drug-likeness (QED) is 0.366. The van der Waals surface area contributed by atoms with E-state index in [4.69, 9.17) is 9.15 Å². The summed E-state index contributed by atoms with van der Waals surface area (Å²) in [6.45, 7) is 5.85. The van der Waals surface area contributed by atoms with Gasteiger partial charge in [0.15, 0.2) is 18.3 Å². The molecule has 0 radical (unpaired) electrons. The zero-order valence-electron chi connectivity index (χ0n) is 23.6. The van der Waals surface area contributed by atoms with Crippen molar-refractivity contribution in [2.45, 2.75) is 57.9 Å². The van der Waals surface area contributed by atoms with Crippen LogP contribution in [0.25, 0.3) is 0 Å². The van der Waals surface area contributed by atoms with E-state index in [2.05, 4.69) is 22.9 Å². The first kappa shape index (κ1) is 27.8. The van der Waals surface area contributed by atoms with Gasteiger partial charge in [-0.25, -0.2) is 9.55 Å². The highest BCUT2D eigenvalue weighted by Gasteiger charge is 2.47. The van der Waals surface area contributed by atoms with E-state index >= 15 is 0 Å². The van der Waals surface area contributed by atoms with Gasteiger partial charge in [0, 0.05) is 44.0 Å². The van der Waals surface area contributed by atoms with Crippen LogP contribution in [-0.2, 0) is 29.5 Å². The lowest BCUT2D eigenvalue weighted by Crippen LogP contribution is -2.45. The molecular weight excluding hydrogens is 508 g/mol. The lowest BCUT2D eigenvalue weighted by Gasteiger charge is -2.29. The van der Waals surface area contributed by atoms with E-state index < -0.39 is 11.9 Å². The van der Waals surface area contributed by atoms with Gasteiger partial charge in [-0.15, -0.1) is 0 Å². The number of aliphatic carboxylic acids is 1. The van der Waals surface area contributed by atoms with Crippen molar-refractivity contribution in [2.24, 2.45) is 13.0 Å². The molecule has 0 spiro atoms. The van der Waals surface area contributed by atoms with E-state index in [1.165, 1.54) is 0 Å². The number of aryl methyl sites for hydroxylation is 3. The predicted molar refractivity (Wildman–Crippen MR) is 149 cm³/mol. The molecule has 0 saturated carbocycles. The van der Waals surface area contributed by atoms with E-state index in [1.807, 2.05) is 60.1 Å². The predicted octanol–water partition coefficient (Wildman–Crippen LogP) is 3.68. The first-order chi connectivity index (χ1) is 19.3. The molecule has 40 heavy (non-hydrogen) atoms. The average molecular weight is 548 g/mol. The number of nitrogens with zero attached hydrogens (tertiary/aromatic N) is 4. The van der Waals surface area contributed by atoms with Crippen LogP contribution in [-0.4, -0.2) is 59.1 Å². The number of hydrogen-bond donors (Lipinski definition) is 1. The van der Waals surface area contributed by atoms with Crippen LogP contribution in [0.3, 0.4) is 0 Å². The molecule has 5 rings (SSSR count). The normalized spacial score (nSPS) is 20.3. The first-order valence-corrected chi connectivity index (χ1v) is 14.2. The summed E-state index contributed by atoms with van der Waals surface area (Å²) < 4.78 is 13.3. The molecular formula is C31H39N4O5+. The maximum Gasteiger partial charge on any atom is 0.308 e. The minimum atomic E-state index is -0.844. The summed E-state index contributed by atoms with van der Waals surface area (Å²) in [7, 11) is 1.94. The molecule has 212 valence electrons. The fourth-order valence-electron chi connectivity index (χ4n) is 6.12. The Balaban J connectivity index is 1.44. The van der Waals surface area contributed by atoms with Crippen molar-refractivity contribution in [1.29, 1.82) is 0 Å². The van der Waals surface area contributed by atoms with Crippen molar-refractivity contribution in [3.8, 4) is 5.75 Å². The third-order valence-corrected chi connectivity index (χ3v) is 8.11. The van der Waals surface area contributed by atoms with E-state index in [9.17, 15) is 14.7 Å². The van der Waals surface area contributed by atoms with Crippen LogP contribution in [0.4, 0.5) is 5.69 Å². The zero-order valence-corrected chi connectivity index (χ0v) is 23.6. The van der Waals surface area contributed by atoms with Crippen molar-refractivity contribution >= 4 is 17.6 Å². The number of benzene rings is 1. The molecule has 2 aromatic heterocycles. The Hall–Kier alpha value is -3.72. The highest BCUT2D eigenvalue weighted by molar-refractivity contribution is 5.94. The highest BCUT2D eigenvalue weighted by Crippen LogP contribution is 2.41. The number of carboxylic acid groups (broad SMARTS) is 1. The van der Waals surface area contributed by atoms with Gasteiger partial charge in [-0.05, 0) is 43.0 Å². The average Bonchev–Trinajstić information content (AvgIpc) is 3.65. The number of unbranched alkanes of at least 4 members (excludes halogenated alkanes) is 1. The SMILES string of the molecule is CCCCN(C(=O)CN1C[C@H](c2ccc3c(c2)CCO3)C(C(=O)O)[C@@H]1CCc1ncc(C)o1)c1ccc[n+](C)c1. The molecule has 1 fully saturated rings. The largest absolute Gasteiger partial charge is 0.493 e. The van der Waals surface area contributed by atoms with Crippen molar-refractivity contribution in [2.75, 3.05) is 31.1 Å². The van der Waals surface area contributed by atoms with Crippen molar-refractivity contribution in [3.63, 3.8) is 0 Å². The van der Waals surface area contributed by atoms with Gasteiger partial charge < -0.3 is 19.2 Å². The molecule has 4 heterocycles. The van der Waals surface area contributed by atoms with Gasteiger partial charge in [-0.1, -0.05) is 25.5 Å². The third-order valence-electron chi connectivity index (χ3n) is 8.11. The summed E-state index contributed by atoms with van der Waals surface area (Å²) in [5.74, 6) is 0.413. The van der Waals surface area contributed by atoms with Crippen LogP contribution in [0.5, 0.6) is 5.75 Å². The van der Waals surface area contributed by atoms with Crippen LogP contribution >= 0.6 is 0 Å². The van der Waals surface area contributed by atoms with Gasteiger partial charge in [0.2, 0.25) is 5.91 Å². The van der Waals surface area contributed by atoms with Gasteiger partial charge in [0.05, 0.1) is 25.3 Å². The lowest BCUT2D eigenvalue weighted by atomic mass is 9.83. The number of aromatic nitrogens is 2. The fourth-order valence-corrected chi connectivity index (χ4v) is 6.12. The summed E-state index contributed by atoms with van der Waals surface area (Å²) in [6.07, 6.45) is 9.29. The van der Waals surface area contributed by atoms with Crippen molar-refractivity contribution in [3.05, 3.63) is 71.7 Å². The maximum atomic E-state index is 13.9. The smallest absolute Gasteiger partial charge is 0.308 e. The molecule has 1 amide bonds. The second-order valence-corrected chi connectivity index (χ2v) is 11.0. The Labute approximate surface area is 235 Å². The highest BCUT2D eigenvalue weighted by atomic mass is 16.5. The number of fused-ring (bicyclic) bond motifs is 1. The number of ether oxygens (including phenoxy) is 1. The topological polar surface area (TPSA) is 100.0 Å². The Kier molecular flexibility index (Phi) is 8.49. The van der Waals surface area contributed by atoms with Gasteiger partial charge in [0.25, 0.3) is 0 Å². The number of carbonyl (C=O) groups is 2. The Morgan fingerprint density at radius 1 is 1.27 bits per heavy atom. The third kappa shape index (κ3) is 6.04. The fraction of sp³-hybridized carbons (Fsp3) is 0.484. The number of rotatable bonds is 11. The number of likely N-dealkylation sites (tertiary alicyclic amines) is 1. The molecule has 1 aromatic carbocycles.